The summed E-state index contributed by atoms with van der Waals surface area (Å²) in [5.41, 5.74) is 1.71. The van der Waals surface area contributed by atoms with Crippen molar-refractivity contribution >= 4 is 11.6 Å². The third kappa shape index (κ3) is 2.57. The molecule has 100 valence electrons. The van der Waals surface area contributed by atoms with Crippen LogP contribution in [0.4, 0.5) is 11.6 Å². The third-order valence-electron chi connectivity index (χ3n) is 4.04. The Morgan fingerprint density at radius 1 is 1.28 bits per heavy atom. The molecule has 0 aliphatic heterocycles. The molecule has 4 heteroatoms. The number of anilines is 2. The molecule has 0 bridgehead atoms. The van der Waals surface area contributed by atoms with Gasteiger partial charge in [0.2, 0.25) is 0 Å². The Labute approximate surface area is 110 Å². The van der Waals surface area contributed by atoms with Gasteiger partial charge in [0, 0.05) is 19.2 Å². The van der Waals surface area contributed by atoms with Crippen molar-refractivity contribution in [2.45, 2.75) is 46.0 Å². The molecule has 0 amide bonds. The molecule has 0 spiro atoms. The van der Waals surface area contributed by atoms with Gasteiger partial charge in [-0.3, -0.25) is 0 Å². The smallest absolute Gasteiger partial charge is 0.135 e. The molecular weight excluding hydrogens is 224 g/mol. The minimum Gasteiger partial charge on any atom is -0.373 e. The lowest BCUT2D eigenvalue weighted by atomic mass is 10.0. The number of rotatable bonds is 6. The van der Waals surface area contributed by atoms with Crippen molar-refractivity contribution in [3.05, 3.63) is 11.9 Å². The van der Waals surface area contributed by atoms with Crippen LogP contribution in [0, 0.1) is 5.41 Å². The van der Waals surface area contributed by atoms with Gasteiger partial charge < -0.3 is 10.6 Å². The molecule has 1 aliphatic rings. The summed E-state index contributed by atoms with van der Waals surface area (Å²) in [6.45, 7) is 7.66. The van der Waals surface area contributed by atoms with E-state index in [1.807, 2.05) is 7.05 Å². The van der Waals surface area contributed by atoms with Gasteiger partial charge in [0.25, 0.3) is 0 Å². The summed E-state index contributed by atoms with van der Waals surface area (Å²) in [4.78, 5) is 8.71. The Bertz CT molecular complexity index is 410. The van der Waals surface area contributed by atoms with Crippen molar-refractivity contribution in [3.63, 3.8) is 0 Å². The maximum atomic E-state index is 4.41. The number of hydrogen-bond acceptors (Lipinski definition) is 4. The molecule has 1 aromatic heterocycles. The van der Waals surface area contributed by atoms with Gasteiger partial charge in [-0.05, 0) is 30.6 Å². The lowest BCUT2D eigenvalue weighted by molar-refractivity contribution is 0.520. The molecule has 0 atom stereocenters. The standard InChI is InChI=1S/C14H24N4/c1-5-14(6-7-14)8-16-13-11(10(2)3)12(15-4)17-9-18-13/h9-10H,5-8H2,1-4H3,(H2,15,16,17,18). The molecular formula is C14H24N4. The average molecular weight is 248 g/mol. The normalized spacial score (nSPS) is 16.7. The summed E-state index contributed by atoms with van der Waals surface area (Å²) in [6, 6.07) is 0. The average Bonchev–Trinajstić information content (AvgIpc) is 3.16. The first-order valence-electron chi connectivity index (χ1n) is 6.88. The molecule has 0 radical (unpaired) electrons. The quantitative estimate of drug-likeness (QED) is 0.811. The minimum atomic E-state index is 0.410. The fourth-order valence-electron chi connectivity index (χ4n) is 2.39. The molecule has 1 fully saturated rings. The van der Waals surface area contributed by atoms with Gasteiger partial charge in [0.05, 0.1) is 0 Å². The van der Waals surface area contributed by atoms with Crippen LogP contribution in [0.5, 0.6) is 0 Å². The van der Waals surface area contributed by atoms with E-state index in [1.54, 1.807) is 6.33 Å². The number of hydrogen-bond donors (Lipinski definition) is 2. The zero-order valence-electron chi connectivity index (χ0n) is 11.9. The van der Waals surface area contributed by atoms with Crippen LogP contribution < -0.4 is 10.6 Å². The Kier molecular flexibility index (Phi) is 3.73. The summed E-state index contributed by atoms with van der Waals surface area (Å²) in [7, 11) is 1.91. The zero-order chi connectivity index (χ0) is 13.2. The largest absolute Gasteiger partial charge is 0.373 e. The number of aromatic nitrogens is 2. The van der Waals surface area contributed by atoms with Gasteiger partial charge >= 0.3 is 0 Å². The summed E-state index contributed by atoms with van der Waals surface area (Å²) in [5.74, 6) is 2.33. The predicted octanol–water partition coefficient (Wildman–Crippen LogP) is 3.24. The highest BCUT2D eigenvalue weighted by atomic mass is 15.1. The van der Waals surface area contributed by atoms with E-state index in [1.165, 1.54) is 24.8 Å². The summed E-state index contributed by atoms with van der Waals surface area (Å²) in [5, 5.41) is 6.68. The Balaban J connectivity index is 2.16. The van der Waals surface area contributed by atoms with Crippen LogP contribution in [0.15, 0.2) is 6.33 Å². The van der Waals surface area contributed by atoms with Crippen molar-refractivity contribution in [2.24, 2.45) is 5.41 Å². The lowest BCUT2D eigenvalue weighted by Crippen LogP contribution is -2.17. The van der Waals surface area contributed by atoms with Gasteiger partial charge in [-0.2, -0.15) is 0 Å². The van der Waals surface area contributed by atoms with Crippen molar-refractivity contribution in [2.75, 3.05) is 24.2 Å². The monoisotopic (exact) mass is 248 g/mol. The molecule has 18 heavy (non-hydrogen) atoms. The molecule has 0 saturated heterocycles. The van der Waals surface area contributed by atoms with E-state index in [0.717, 1.165) is 18.2 Å². The number of nitrogens with one attached hydrogen (secondary N) is 2. The van der Waals surface area contributed by atoms with E-state index in [-0.39, 0.29) is 0 Å². The highest BCUT2D eigenvalue weighted by molar-refractivity contribution is 5.58. The fourth-order valence-corrected chi connectivity index (χ4v) is 2.39. The topological polar surface area (TPSA) is 49.8 Å². The van der Waals surface area contributed by atoms with E-state index in [2.05, 4.69) is 41.4 Å². The van der Waals surface area contributed by atoms with Crippen molar-refractivity contribution in [3.8, 4) is 0 Å². The number of nitrogens with zero attached hydrogens (tertiary/aromatic N) is 2. The molecule has 1 aliphatic carbocycles. The lowest BCUT2D eigenvalue weighted by Gasteiger charge is -2.19. The minimum absolute atomic E-state index is 0.410. The van der Waals surface area contributed by atoms with Gasteiger partial charge in [0.1, 0.15) is 18.0 Å². The first-order valence-corrected chi connectivity index (χ1v) is 6.88. The molecule has 2 rings (SSSR count). The van der Waals surface area contributed by atoms with Crippen LogP contribution in [-0.4, -0.2) is 23.6 Å². The Hall–Kier alpha value is -1.32. The second kappa shape index (κ2) is 5.12. The van der Waals surface area contributed by atoms with Crippen LogP contribution in [-0.2, 0) is 0 Å². The van der Waals surface area contributed by atoms with Crippen LogP contribution in [0.3, 0.4) is 0 Å². The molecule has 1 saturated carbocycles. The van der Waals surface area contributed by atoms with Crippen LogP contribution in [0.2, 0.25) is 0 Å². The zero-order valence-corrected chi connectivity index (χ0v) is 11.9. The Morgan fingerprint density at radius 3 is 2.44 bits per heavy atom. The Morgan fingerprint density at radius 2 is 1.94 bits per heavy atom. The van der Waals surface area contributed by atoms with E-state index >= 15 is 0 Å². The van der Waals surface area contributed by atoms with E-state index < -0.39 is 0 Å². The summed E-state index contributed by atoms with van der Waals surface area (Å²) < 4.78 is 0. The first kappa shape index (κ1) is 13.1. The van der Waals surface area contributed by atoms with Crippen LogP contribution in [0.25, 0.3) is 0 Å². The first-order chi connectivity index (χ1) is 8.62. The van der Waals surface area contributed by atoms with Gasteiger partial charge in [-0.25, -0.2) is 9.97 Å². The molecule has 1 heterocycles. The highest BCUT2D eigenvalue weighted by Gasteiger charge is 2.40. The van der Waals surface area contributed by atoms with E-state index in [0.29, 0.717) is 11.3 Å². The SMILES string of the molecule is CCC1(CNc2ncnc(NC)c2C(C)C)CC1. The van der Waals surface area contributed by atoms with Crippen LogP contribution in [0.1, 0.15) is 51.5 Å². The van der Waals surface area contributed by atoms with E-state index in [4.69, 9.17) is 0 Å². The van der Waals surface area contributed by atoms with Gasteiger partial charge in [0.15, 0.2) is 0 Å². The van der Waals surface area contributed by atoms with Crippen molar-refractivity contribution < 1.29 is 0 Å². The molecule has 0 aromatic carbocycles. The van der Waals surface area contributed by atoms with E-state index in [9.17, 15) is 0 Å². The predicted molar refractivity (Wildman–Crippen MR) is 76.1 cm³/mol. The highest BCUT2D eigenvalue weighted by Crippen LogP contribution is 2.48. The van der Waals surface area contributed by atoms with Crippen LogP contribution >= 0.6 is 0 Å². The molecule has 1 aromatic rings. The molecule has 2 N–H and O–H groups in total. The second-order valence-electron chi connectivity index (χ2n) is 5.60. The summed E-state index contributed by atoms with van der Waals surface area (Å²) in [6.07, 6.45) is 5.57. The fraction of sp³-hybridized carbons (Fsp3) is 0.714. The maximum absolute atomic E-state index is 4.41. The van der Waals surface area contributed by atoms with Crippen molar-refractivity contribution in [1.29, 1.82) is 0 Å². The second-order valence-corrected chi connectivity index (χ2v) is 5.60. The van der Waals surface area contributed by atoms with Gasteiger partial charge in [-0.15, -0.1) is 0 Å². The molecule has 4 nitrogen and oxygen atoms in total. The molecule has 0 unspecified atom stereocenters. The maximum Gasteiger partial charge on any atom is 0.135 e. The summed E-state index contributed by atoms with van der Waals surface area (Å²) >= 11 is 0. The van der Waals surface area contributed by atoms with Crippen molar-refractivity contribution in [1.82, 2.24) is 9.97 Å². The third-order valence-corrected chi connectivity index (χ3v) is 4.04. The van der Waals surface area contributed by atoms with Gasteiger partial charge in [-0.1, -0.05) is 20.8 Å².